The highest BCUT2D eigenvalue weighted by atomic mass is 16.2. The molecule has 2 aromatic carbocycles. The van der Waals surface area contributed by atoms with Gasteiger partial charge < -0.3 is 9.80 Å². The van der Waals surface area contributed by atoms with Crippen molar-refractivity contribution >= 4 is 17.5 Å². The average molecular weight is 310 g/mol. The van der Waals surface area contributed by atoms with Gasteiger partial charge in [0.25, 0.3) is 0 Å². The molecule has 0 aromatic heterocycles. The van der Waals surface area contributed by atoms with Crippen LogP contribution in [0.15, 0.2) is 60.7 Å². The molecular formula is C19H22N2O2. The van der Waals surface area contributed by atoms with Crippen LogP contribution in [0.3, 0.4) is 0 Å². The van der Waals surface area contributed by atoms with Gasteiger partial charge in [0.2, 0.25) is 11.8 Å². The Kier molecular flexibility index (Phi) is 5.92. The van der Waals surface area contributed by atoms with E-state index in [1.807, 2.05) is 60.7 Å². The summed E-state index contributed by atoms with van der Waals surface area (Å²) in [5, 5.41) is 0. The van der Waals surface area contributed by atoms with Gasteiger partial charge in [-0.15, -0.1) is 0 Å². The van der Waals surface area contributed by atoms with Gasteiger partial charge in [0.05, 0.1) is 0 Å². The third-order valence-corrected chi connectivity index (χ3v) is 3.80. The lowest BCUT2D eigenvalue weighted by atomic mass is 10.1. The number of rotatable bonds is 6. The molecule has 0 radical (unpaired) electrons. The smallest absolute Gasteiger partial charge is 0.246 e. The van der Waals surface area contributed by atoms with Crippen LogP contribution in [0.5, 0.6) is 0 Å². The zero-order chi connectivity index (χ0) is 16.7. The molecule has 0 bridgehead atoms. The number of amides is 2. The van der Waals surface area contributed by atoms with Crippen molar-refractivity contribution in [1.82, 2.24) is 4.90 Å². The van der Waals surface area contributed by atoms with Gasteiger partial charge in [0.1, 0.15) is 6.54 Å². The van der Waals surface area contributed by atoms with E-state index in [-0.39, 0.29) is 18.4 Å². The molecule has 4 nitrogen and oxygen atoms in total. The van der Waals surface area contributed by atoms with E-state index in [9.17, 15) is 9.59 Å². The van der Waals surface area contributed by atoms with E-state index in [1.54, 1.807) is 16.8 Å². The fourth-order valence-electron chi connectivity index (χ4n) is 2.32. The second kappa shape index (κ2) is 8.13. The quantitative estimate of drug-likeness (QED) is 0.823. The van der Waals surface area contributed by atoms with Crippen LogP contribution >= 0.6 is 0 Å². The molecule has 0 atom stereocenters. The van der Waals surface area contributed by atoms with E-state index in [0.29, 0.717) is 6.54 Å². The monoisotopic (exact) mass is 310 g/mol. The predicted octanol–water partition coefficient (Wildman–Crippen LogP) is 2.74. The highest BCUT2D eigenvalue weighted by molar-refractivity contribution is 5.96. The normalized spacial score (nSPS) is 10.2. The van der Waals surface area contributed by atoms with E-state index in [4.69, 9.17) is 0 Å². The second-order valence-electron chi connectivity index (χ2n) is 5.46. The van der Waals surface area contributed by atoms with Crippen LogP contribution in [0.1, 0.15) is 12.5 Å². The van der Waals surface area contributed by atoms with Crippen LogP contribution in [0.25, 0.3) is 0 Å². The van der Waals surface area contributed by atoms with Gasteiger partial charge in [-0.2, -0.15) is 0 Å². The summed E-state index contributed by atoms with van der Waals surface area (Å²) >= 11 is 0. The lowest BCUT2D eigenvalue weighted by molar-refractivity contribution is -0.133. The Balaban J connectivity index is 1.96. The molecule has 2 aromatic rings. The molecule has 0 heterocycles. The van der Waals surface area contributed by atoms with Crippen molar-refractivity contribution in [2.24, 2.45) is 0 Å². The Labute approximate surface area is 137 Å². The summed E-state index contributed by atoms with van der Waals surface area (Å²) in [7, 11) is 1.73. The maximum Gasteiger partial charge on any atom is 0.246 e. The molecule has 0 saturated heterocycles. The summed E-state index contributed by atoms with van der Waals surface area (Å²) < 4.78 is 0. The molecule has 0 spiro atoms. The topological polar surface area (TPSA) is 40.6 Å². The third kappa shape index (κ3) is 4.95. The molecule has 120 valence electrons. The molecular weight excluding hydrogens is 288 g/mol. The number of carbonyl (C=O) groups is 2. The van der Waals surface area contributed by atoms with Crippen LogP contribution < -0.4 is 4.90 Å². The predicted molar refractivity (Wildman–Crippen MR) is 92.3 cm³/mol. The summed E-state index contributed by atoms with van der Waals surface area (Å²) in [6.45, 7) is 2.13. The Hall–Kier alpha value is -2.62. The van der Waals surface area contributed by atoms with E-state index < -0.39 is 0 Å². The van der Waals surface area contributed by atoms with Gasteiger partial charge in [0, 0.05) is 26.2 Å². The molecule has 0 aliphatic rings. The maximum absolute atomic E-state index is 12.4. The first-order chi connectivity index (χ1) is 11.1. The summed E-state index contributed by atoms with van der Waals surface area (Å²) in [6.07, 6.45) is 0.739. The summed E-state index contributed by atoms with van der Waals surface area (Å²) in [6, 6.07) is 19.4. The first kappa shape index (κ1) is 16.7. The first-order valence-corrected chi connectivity index (χ1v) is 7.69. The van der Waals surface area contributed by atoms with Gasteiger partial charge in [-0.05, 0) is 24.1 Å². The van der Waals surface area contributed by atoms with E-state index in [2.05, 4.69) is 0 Å². The molecule has 2 rings (SSSR count). The minimum Gasteiger partial charge on any atom is -0.333 e. The number of nitrogens with zero attached hydrogens (tertiary/aromatic N) is 2. The summed E-state index contributed by atoms with van der Waals surface area (Å²) in [5.41, 5.74) is 1.98. The fourth-order valence-corrected chi connectivity index (χ4v) is 2.32. The number of likely N-dealkylation sites (N-methyl/N-ethyl adjacent to an activating group) is 1. The van der Waals surface area contributed by atoms with Crippen molar-refractivity contribution in [1.29, 1.82) is 0 Å². The molecule has 4 heteroatoms. The van der Waals surface area contributed by atoms with Crippen LogP contribution in [-0.2, 0) is 16.0 Å². The van der Waals surface area contributed by atoms with E-state index in [0.717, 1.165) is 17.7 Å². The van der Waals surface area contributed by atoms with Crippen molar-refractivity contribution in [3.63, 3.8) is 0 Å². The van der Waals surface area contributed by atoms with Gasteiger partial charge in [0.15, 0.2) is 0 Å². The van der Waals surface area contributed by atoms with Crippen molar-refractivity contribution in [3.8, 4) is 0 Å². The molecule has 0 N–H and O–H groups in total. The van der Waals surface area contributed by atoms with Crippen LogP contribution in [-0.4, -0.2) is 36.9 Å². The Bertz CT molecular complexity index is 641. The number of anilines is 1. The van der Waals surface area contributed by atoms with E-state index in [1.165, 1.54) is 6.92 Å². The van der Waals surface area contributed by atoms with E-state index >= 15 is 0 Å². The largest absolute Gasteiger partial charge is 0.333 e. The Morgan fingerprint density at radius 3 is 2.04 bits per heavy atom. The molecule has 23 heavy (non-hydrogen) atoms. The first-order valence-electron chi connectivity index (χ1n) is 7.69. The van der Waals surface area contributed by atoms with Gasteiger partial charge in [-0.1, -0.05) is 48.5 Å². The number of hydrogen-bond donors (Lipinski definition) is 0. The van der Waals surface area contributed by atoms with Gasteiger partial charge in [-0.3, -0.25) is 9.59 Å². The highest BCUT2D eigenvalue weighted by Crippen LogP contribution is 2.11. The van der Waals surface area contributed by atoms with Crippen molar-refractivity contribution < 1.29 is 9.59 Å². The zero-order valence-corrected chi connectivity index (χ0v) is 13.6. The van der Waals surface area contributed by atoms with Gasteiger partial charge in [-0.25, -0.2) is 0 Å². The van der Waals surface area contributed by atoms with Crippen molar-refractivity contribution in [2.45, 2.75) is 13.3 Å². The molecule has 0 aliphatic carbocycles. The zero-order valence-electron chi connectivity index (χ0n) is 13.6. The third-order valence-electron chi connectivity index (χ3n) is 3.80. The van der Waals surface area contributed by atoms with Gasteiger partial charge >= 0.3 is 0 Å². The second-order valence-corrected chi connectivity index (χ2v) is 5.46. The Morgan fingerprint density at radius 2 is 1.48 bits per heavy atom. The molecule has 0 aliphatic heterocycles. The Morgan fingerprint density at radius 1 is 0.913 bits per heavy atom. The van der Waals surface area contributed by atoms with Crippen LogP contribution in [0.2, 0.25) is 0 Å². The summed E-state index contributed by atoms with van der Waals surface area (Å²) in [5.74, 6) is -0.185. The fraction of sp³-hybridized carbons (Fsp3) is 0.263. The van der Waals surface area contributed by atoms with Crippen LogP contribution in [0, 0.1) is 0 Å². The van der Waals surface area contributed by atoms with Crippen molar-refractivity contribution in [2.75, 3.05) is 25.0 Å². The molecule has 0 saturated carbocycles. The molecule has 0 fully saturated rings. The minimum absolute atomic E-state index is 0.0873. The number of hydrogen-bond acceptors (Lipinski definition) is 2. The number of para-hydroxylation sites is 1. The van der Waals surface area contributed by atoms with Crippen molar-refractivity contribution in [3.05, 3.63) is 66.2 Å². The maximum atomic E-state index is 12.4. The standard InChI is InChI=1S/C19H22N2O2/c1-16(22)21(14-13-17-9-5-3-6-10-17)15-19(23)20(2)18-11-7-4-8-12-18/h3-12H,13-15H2,1-2H3. The SMILES string of the molecule is CC(=O)N(CCc1ccccc1)CC(=O)N(C)c1ccccc1. The number of benzene rings is 2. The lowest BCUT2D eigenvalue weighted by Gasteiger charge is -2.24. The highest BCUT2D eigenvalue weighted by Gasteiger charge is 2.17. The molecule has 0 unspecified atom stereocenters. The average Bonchev–Trinajstić information content (AvgIpc) is 2.59. The molecule has 2 amide bonds. The lowest BCUT2D eigenvalue weighted by Crippen LogP contribution is -2.41. The number of carbonyl (C=O) groups excluding carboxylic acids is 2. The van der Waals surface area contributed by atoms with Crippen LogP contribution in [0.4, 0.5) is 5.69 Å². The minimum atomic E-state index is -0.0977. The summed E-state index contributed by atoms with van der Waals surface area (Å²) in [4.78, 5) is 27.4.